The van der Waals surface area contributed by atoms with E-state index in [0.29, 0.717) is 0 Å². The quantitative estimate of drug-likeness (QED) is 0.0174. The Morgan fingerprint density at radius 1 is 0.549 bits per heavy atom. The topological polar surface area (TPSA) is 349 Å². The summed E-state index contributed by atoms with van der Waals surface area (Å²) in [6.45, 7) is 8.20. The van der Waals surface area contributed by atoms with Crippen molar-refractivity contribution in [2.75, 3.05) is 66.1 Å². The van der Waals surface area contributed by atoms with Crippen LogP contribution < -0.4 is 0 Å². The Morgan fingerprint density at radius 3 is 1.44 bits per heavy atom. The summed E-state index contributed by atoms with van der Waals surface area (Å²) in [5, 5.41) is 69.3. The molecule has 7 N–H and O–H groups in total. The van der Waals surface area contributed by atoms with E-state index in [4.69, 9.17) is 57.2 Å². The van der Waals surface area contributed by atoms with E-state index in [0.717, 1.165) is 0 Å². The van der Waals surface area contributed by atoms with Crippen molar-refractivity contribution in [2.24, 2.45) is 11.8 Å². The summed E-state index contributed by atoms with van der Waals surface area (Å²) in [4.78, 5) is 77.3. The predicted molar refractivity (Wildman–Crippen MR) is 245 cm³/mol. The first-order chi connectivity index (χ1) is 33.7. The van der Waals surface area contributed by atoms with Crippen molar-refractivity contribution in [3.63, 3.8) is 0 Å². The summed E-state index contributed by atoms with van der Waals surface area (Å²) in [6, 6.07) is 0. The smallest absolute Gasteiger partial charge is 0.308 e. The van der Waals surface area contributed by atoms with E-state index in [9.17, 15) is 59.4 Å². The number of epoxide rings is 1. The van der Waals surface area contributed by atoms with Gasteiger partial charge in [-0.15, -0.1) is 0 Å². The maximum absolute atomic E-state index is 13.4. The van der Waals surface area contributed by atoms with Crippen LogP contribution in [0.4, 0.5) is 0 Å². The highest BCUT2D eigenvalue weighted by Gasteiger charge is 2.50. The Kier molecular flexibility index (Phi) is 33.1. The summed E-state index contributed by atoms with van der Waals surface area (Å²) in [5.74, 6) is -6.14. The van der Waals surface area contributed by atoms with Gasteiger partial charge in [-0.05, 0) is 33.6 Å². The molecule has 412 valence electrons. The molecule has 0 bridgehead atoms. The van der Waals surface area contributed by atoms with Crippen LogP contribution in [0.2, 0.25) is 0 Å². The fraction of sp³-hybridized carbons (Fsp3) is 0.830. The third-order valence-corrected chi connectivity index (χ3v) is 11.0. The molecule has 14 unspecified atom stereocenters. The van der Waals surface area contributed by atoms with Crippen LogP contribution in [0.3, 0.4) is 0 Å². The van der Waals surface area contributed by atoms with Crippen molar-refractivity contribution < 1.29 is 117 Å². The van der Waals surface area contributed by atoms with Crippen molar-refractivity contribution in [2.45, 2.75) is 173 Å². The van der Waals surface area contributed by atoms with Crippen molar-refractivity contribution in [1.82, 2.24) is 0 Å². The minimum atomic E-state index is -1.48. The molecule has 1 fully saturated rings. The molecule has 1 aliphatic rings. The zero-order chi connectivity index (χ0) is 53.6. The first-order valence-electron chi connectivity index (χ1n) is 24.0. The summed E-state index contributed by atoms with van der Waals surface area (Å²) in [7, 11) is 0. The van der Waals surface area contributed by atoms with E-state index in [1.54, 1.807) is 46.8 Å². The lowest BCUT2D eigenvalue weighted by Gasteiger charge is -2.37. The van der Waals surface area contributed by atoms with Crippen LogP contribution in [0.25, 0.3) is 0 Å². The number of aliphatic hydroxyl groups is 7. The fourth-order valence-electron chi connectivity index (χ4n) is 7.01. The summed E-state index contributed by atoms with van der Waals surface area (Å²) in [6.07, 6.45) is -14.6. The van der Waals surface area contributed by atoms with Crippen LogP contribution in [0.1, 0.15) is 93.9 Å². The largest absolute Gasteiger partial charge is 0.463 e. The predicted octanol–water partition coefficient (Wildman–Crippen LogP) is -0.631. The molecule has 0 aliphatic carbocycles. The fourth-order valence-corrected chi connectivity index (χ4v) is 7.01. The van der Waals surface area contributed by atoms with Crippen LogP contribution >= 0.6 is 0 Å². The minimum absolute atomic E-state index is 0.0369. The Bertz CT molecular complexity index is 1580. The minimum Gasteiger partial charge on any atom is -0.463 e. The second kappa shape index (κ2) is 36.1. The van der Waals surface area contributed by atoms with Crippen molar-refractivity contribution in [3.8, 4) is 0 Å². The zero-order valence-corrected chi connectivity index (χ0v) is 42.2. The molecule has 0 saturated carbocycles. The molecule has 0 amide bonds. The van der Waals surface area contributed by atoms with E-state index < -0.39 is 199 Å². The van der Waals surface area contributed by atoms with Crippen molar-refractivity contribution >= 4 is 35.8 Å². The number of ether oxygens (including phenoxy) is 11. The molecule has 0 radical (unpaired) electrons. The van der Waals surface area contributed by atoms with Gasteiger partial charge in [0.25, 0.3) is 0 Å². The molecule has 1 heterocycles. The highest BCUT2D eigenvalue weighted by Crippen LogP contribution is 2.35. The average molecular weight is 1030 g/mol. The van der Waals surface area contributed by atoms with Crippen molar-refractivity contribution in [3.05, 3.63) is 12.2 Å². The number of rotatable bonds is 40. The highest BCUT2D eigenvalue weighted by molar-refractivity contribution is 5.72. The highest BCUT2D eigenvalue weighted by atomic mass is 16.6. The van der Waals surface area contributed by atoms with Gasteiger partial charge >= 0.3 is 35.8 Å². The zero-order valence-electron chi connectivity index (χ0n) is 42.2. The molecule has 0 aromatic carbocycles. The Labute approximate surface area is 415 Å². The maximum atomic E-state index is 13.4. The van der Waals surface area contributed by atoms with Gasteiger partial charge in [0.2, 0.25) is 0 Å². The van der Waals surface area contributed by atoms with Gasteiger partial charge in [-0.25, -0.2) is 0 Å². The number of aliphatic hydroxyl groups excluding tert-OH is 7. The number of carbonyl (C=O) groups excluding carboxylic acids is 6. The van der Waals surface area contributed by atoms with Crippen LogP contribution in [0, 0.1) is 11.8 Å². The van der Waals surface area contributed by atoms with E-state index in [1.807, 2.05) is 0 Å². The molecular weight excluding hydrogens is 948 g/mol. The molecule has 0 aromatic rings. The molecule has 71 heavy (non-hydrogen) atoms. The number of carbonyl (C=O) groups is 6. The molecule has 24 nitrogen and oxygen atoms in total. The van der Waals surface area contributed by atoms with Gasteiger partial charge in [0, 0.05) is 12.3 Å². The summed E-state index contributed by atoms with van der Waals surface area (Å²) in [5.41, 5.74) is 0. The lowest BCUT2D eigenvalue weighted by molar-refractivity contribution is -0.200. The Morgan fingerprint density at radius 2 is 1.00 bits per heavy atom. The van der Waals surface area contributed by atoms with Crippen molar-refractivity contribution in [1.29, 1.82) is 0 Å². The van der Waals surface area contributed by atoms with Gasteiger partial charge in [0.1, 0.15) is 51.3 Å². The Balaban J connectivity index is 3.80. The van der Waals surface area contributed by atoms with Gasteiger partial charge in [-0.3, -0.25) is 28.8 Å². The van der Waals surface area contributed by atoms with Gasteiger partial charge in [0.05, 0.1) is 120 Å². The van der Waals surface area contributed by atoms with Gasteiger partial charge in [-0.1, -0.05) is 39.8 Å². The van der Waals surface area contributed by atoms with E-state index in [-0.39, 0.29) is 32.2 Å². The van der Waals surface area contributed by atoms with Crippen LogP contribution in [-0.4, -0.2) is 217 Å². The standard InChI is InChI=1S/C47H80O24/c1-9-11-34-46(71-34)47(67-29(6)33(53)20-40(55)61-16-12-48)38(24-43(58)64-19-15-51)70-37(23-42(57)63-18-14-50)31(8)66-30(7)36(22-41(56)62-17-13-49)69-35(28(5)45(60)27(3)4)21-44(59)68-32(25-52)26-65-39(54)10-2/h9,11,27-38,45-53,60H,10,12-26H2,1-8H3. The number of esters is 6. The van der Waals surface area contributed by atoms with E-state index in [2.05, 4.69) is 0 Å². The first kappa shape index (κ1) is 65.1. The lowest BCUT2D eigenvalue weighted by atomic mass is 9.88. The first-order valence-corrected chi connectivity index (χ1v) is 24.0. The third-order valence-electron chi connectivity index (χ3n) is 11.0. The number of allylic oxidation sites excluding steroid dienone is 1. The van der Waals surface area contributed by atoms with Crippen LogP contribution in [0.5, 0.6) is 0 Å². The molecular formula is C47H80O24. The van der Waals surface area contributed by atoms with E-state index >= 15 is 0 Å². The third kappa shape index (κ3) is 26.0. The molecule has 24 heteroatoms. The molecule has 0 spiro atoms. The monoisotopic (exact) mass is 1030 g/mol. The molecule has 1 saturated heterocycles. The summed E-state index contributed by atoms with van der Waals surface area (Å²) < 4.78 is 62.5. The molecule has 0 aromatic heterocycles. The number of hydrogen-bond acceptors (Lipinski definition) is 24. The second-order valence-corrected chi connectivity index (χ2v) is 17.2. The van der Waals surface area contributed by atoms with Crippen LogP contribution in [0.15, 0.2) is 12.2 Å². The van der Waals surface area contributed by atoms with Crippen LogP contribution in [-0.2, 0) is 80.9 Å². The molecule has 1 rings (SSSR count). The average Bonchev–Trinajstić information content (AvgIpc) is 4.10. The van der Waals surface area contributed by atoms with E-state index in [1.165, 1.54) is 20.8 Å². The maximum Gasteiger partial charge on any atom is 0.308 e. The van der Waals surface area contributed by atoms with Gasteiger partial charge in [-0.2, -0.15) is 0 Å². The lowest BCUT2D eigenvalue weighted by Crippen LogP contribution is -2.48. The SMILES string of the molecule is CC=CC1OC1C(OC(C)C(O)CC(=O)OCCO)C(CC(=O)OCCO)OC(CC(=O)OCCO)C(C)OC(C)C(CC(=O)OCCO)OC(CC(=O)OC(CO)COC(=O)CC)C(C)C(O)C(C)C. The van der Waals surface area contributed by atoms with Gasteiger partial charge < -0.3 is 87.9 Å². The normalized spacial score (nSPS) is 19.7. The molecule has 1 aliphatic heterocycles. The Hall–Kier alpha value is -3.92. The number of hydrogen-bond donors (Lipinski definition) is 7. The van der Waals surface area contributed by atoms with Gasteiger partial charge in [0.15, 0.2) is 6.10 Å². The second-order valence-electron chi connectivity index (χ2n) is 17.2. The summed E-state index contributed by atoms with van der Waals surface area (Å²) >= 11 is 0. The molecule has 14 atom stereocenters.